The van der Waals surface area contributed by atoms with Gasteiger partial charge in [-0.15, -0.1) is 0 Å². The summed E-state index contributed by atoms with van der Waals surface area (Å²) in [5, 5.41) is 0. The van der Waals surface area contributed by atoms with E-state index in [4.69, 9.17) is 0 Å². The first-order valence-electron chi connectivity index (χ1n) is 11.4. The van der Waals surface area contributed by atoms with Gasteiger partial charge in [-0.1, -0.05) is 55.7 Å². The zero-order valence-electron chi connectivity index (χ0n) is 17.8. The molecule has 4 rings (SSSR count). The highest BCUT2D eigenvalue weighted by Crippen LogP contribution is 2.38. The van der Waals surface area contributed by atoms with Crippen molar-refractivity contribution in [3.8, 4) is 0 Å². The molecule has 0 spiro atoms. The molecule has 2 aromatic rings. The molecule has 2 saturated carbocycles. The second-order valence-corrected chi connectivity index (χ2v) is 9.20. The molecule has 2 fully saturated rings. The third kappa shape index (κ3) is 4.66. The number of rotatable bonds is 4. The Hall–Kier alpha value is -2.03. The standard InChI is InChI=1S/C27H31F3/c1-18-7-15-23(25(28)17-18)21-11-8-19(9-12-21)10-13-22-14-16-24(27(30)26(22)29)20-5-3-2-4-6-20/h7,10,13-17,19-21H,2-6,8-9,11-12H2,1H3. The molecule has 0 atom stereocenters. The maximum atomic E-state index is 14.7. The van der Waals surface area contributed by atoms with Gasteiger partial charge < -0.3 is 0 Å². The van der Waals surface area contributed by atoms with E-state index in [2.05, 4.69) is 0 Å². The number of hydrogen-bond donors (Lipinski definition) is 0. The van der Waals surface area contributed by atoms with E-state index in [1.807, 2.05) is 25.1 Å². The van der Waals surface area contributed by atoms with E-state index in [-0.39, 0.29) is 17.7 Å². The average Bonchev–Trinajstić information content (AvgIpc) is 2.76. The van der Waals surface area contributed by atoms with E-state index in [0.29, 0.717) is 17.0 Å². The fraction of sp³-hybridized carbons (Fsp3) is 0.481. The topological polar surface area (TPSA) is 0 Å². The molecule has 0 bridgehead atoms. The van der Waals surface area contributed by atoms with E-state index in [0.717, 1.165) is 62.5 Å². The van der Waals surface area contributed by atoms with Gasteiger partial charge in [-0.25, -0.2) is 13.2 Å². The summed E-state index contributed by atoms with van der Waals surface area (Å²) < 4.78 is 43.6. The van der Waals surface area contributed by atoms with Crippen LogP contribution in [0.1, 0.15) is 91.9 Å². The lowest BCUT2D eigenvalue weighted by Gasteiger charge is -2.27. The normalized spacial score (nSPS) is 23.2. The lowest BCUT2D eigenvalue weighted by Crippen LogP contribution is -2.13. The van der Waals surface area contributed by atoms with Crippen LogP contribution in [0.2, 0.25) is 0 Å². The Morgan fingerprint density at radius 3 is 2.10 bits per heavy atom. The summed E-state index contributed by atoms with van der Waals surface area (Å²) in [5.41, 5.74) is 2.63. The van der Waals surface area contributed by atoms with Crippen LogP contribution in [0.25, 0.3) is 6.08 Å². The summed E-state index contributed by atoms with van der Waals surface area (Å²) in [7, 11) is 0. The minimum Gasteiger partial charge on any atom is -0.207 e. The molecule has 2 aromatic carbocycles. The highest BCUT2D eigenvalue weighted by Gasteiger charge is 2.24. The van der Waals surface area contributed by atoms with Crippen LogP contribution in [0.3, 0.4) is 0 Å². The molecule has 2 aliphatic carbocycles. The van der Waals surface area contributed by atoms with Crippen molar-refractivity contribution in [2.75, 3.05) is 0 Å². The van der Waals surface area contributed by atoms with Gasteiger partial charge in [-0.3, -0.25) is 0 Å². The van der Waals surface area contributed by atoms with Crippen molar-refractivity contribution in [1.82, 2.24) is 0 Å². The Morgan fingerprint density at radius 2 is 1.40 bits per heavy atom. The van der Waals surface area contributed by atoms with E-state index < -0.39 is 11.6 Å². The van der Waals surface area contributed by atoms with Crippen molar-refractivity contribution >= 4 is 6.08 Å². The second-order valence-electron chi connectivity index (χ2n) is 9.20. The van der Waals surface area contributed by atoms with Gasteiger partial charge in [-0.05, 0) is 86.0 Å². The molecule has 30 heavy (non-hydrogen) atoms. The van der Waals surface area contributed by atoms with Crippen LogP contribution in [-0.4, -0.2) is 0 Å². The highest BCUT2D eigenvalue weighted by atomic mass is 19.2. The van der Waals surface area contributed by atoms with E-state index >= 15 is 0 Å². The lowest BCUT2D eigenvalue weighted by molar-refractivity contribution is 0.369. The average molecular weight is 413 g/mol. The Labute approximate surface area is 178 Å². The Kier molecular flexibility index (Phi) is 6.65. The van der Waals surface area contributed by atoms with Crippen molar-refractivity contribution < 1.29 is 13.2 Å². The summed E-state index contributed by atoms with van der Waals surface area (Å²) in [6, 6.07) is 9.00. The number of aryl methyl sites for hydroxylation is 1. The third-order valence-corrected chi connectivity index (χ3v) is 7.10. The minimum absolute atomic E-state index is 0.107. The molecule has 0 aliphatic heterocycles. The zero-order chi connectivity index (χ0) is 21.1. The van der Waals surface area contributed by atoms with E-state index in [9.17, 15) is 13.2 Å². The fourth-order valence-corrected chi connectivity index (χ4v) is 5.26. The van der Waals surface area contributed by atoms with Crippen LogP contribution in [0.5, 0.6) is 0 Å². The molecule has 160 valence electrons. The smallest absolute Gasteiger partial charge is 0.166 e. The monoisotopic (exact) mass is 412 g/mol. The molecule has 2 aliphatic rings. The molecular formula is C27H31F3. The molecule has 0 nitrogen and oxygen atoms in total. The van der Waals surface area contributed by atoms with Crippen molar-refractivity contribution in [2.45, 2.75) is 76.5 Å². The summed E-state index contributed by atoms with van der Waals surface area (Å²) in [6.07, 6.45) is 12.8. The van der Waals surface area contributed by atoms with E-state index in [1.165, 1.54) is 6.42 Å². The predicted molar refractivity (Wildman–Crippen MR) is 117 cm³/mol. The minimum atomic E-state index is -0.718. The highest BCUT2D eigenvalue weighted by molar-refractivity contribution is 5.52. The second kappa shape index (κ2) is 9.41. The van der Waals surface area contributed by atoms with Crippen LogP contribution in [-0.2, 0) is 0 Å². The molecule has 0 amide bonds. The van der Waals surface area contributed by atoms with Gasteiger partial charge in [0.1, 0.15) is 5.82 Å². The quantitative estimate of drug-likeness (QED) is 0.472. The summed E-state index contributed by atoms with van der Waals surface area (Å²) in [4.78, 5) is 0. The van der Waals surface area contributed by atoms with Crippen LogP contribution in [0, 0.1) is 30.3 Å². The molecular weight excluding hydrogens is 381 g/mol. The summed E-state index contributed by atoms with van der Waals surface area (Å²) >= 11 is 0. The molecule has 0 N–H and O–H groups in total. The van der Waals surface area contributed by atoms with E-state index in [1.54, 1.807) is 24.3 Å². The number of allylic oxidation sites excluding steroid dienone is 1. The predicted octanol–water partition coefficient (Wildman–Crippen LogP) is 8.45. The van der Waals surface area contributed by atoms with Gasteiger partial charge in [0, 0.05) is 5.56 Å². The molecule has 0 aromatic heterocycles. The van der Waals surface area contributed by atoms with Crippen LogP contribution >= 0.6 is 0 Å². The van der Waals surface area contributed by atoms with Crippen LogP contribution in [0.4, 0.5) is 13.2 Å². The van der Waals surface area contributed by atoms with Gasteiger partial charge in [0.25, 0.3) is 0 Å². The molecule has 0 saturated heterocycles. The third-order valence-electron chi connectivity index (χ3n) is 7.10. The number of halogens is 3. The fourth-order valence-electron chi connectivity index (χ4n) is 5.26. The Morgan fingerprint density at radius 1 is 0.733 bits per heavy atom. The van der Waals surface area contributed by atoms with Crippen molar-refractivity contribution in [2.24, 2.45) is 5.92 Å². The van der Waals surface area contributed by atoms with Crippen LogP contribution in [0.15, 0.2) is 36.4 Å². The lowest BCUT2D eigenvalue weighted by atomic mass is 9.78. The first-order valence-corrected chi connectivity index (χ1v) is 11.4. The molecule has 3 heteroatoms. The first kappa shape index (κ1) is 21.2. The number of benzene rings is 2. The van der Waals surface area contributed by atoms with Gasteiger partial charge in [0.15, 0.2) is 11.6 Å². The molecule has 0 heterocycles. The number of hydrogen-bond acceptors (Lipinski definition) is 0. The Balaban J connectivity index is 1.39. The largest absolute Gasteiger partial charge is 0.207 e. The van der Waals surface area contributed by atoms with Crippen molar-refractivity contribution in [3.63, 3.8) is 0 Å². The maximum absolute atomic E-state index is 14.7. The molecule has 0 unspecified atom stereocenters. The first-order chi connectivity index (χ1) is 14.5. The van der Waals surface area contributed by atoms with Gasteiger partial charge in [0.05, 0.1) is 0 Å². The molecule has 0 radical (unpaired) electrons. The van der Waals surface area contributed by atoms with Crippen molar-refractivity contribution in [1.29, 1.82) is 0 Å². The van der Waals surface area contributed by atoms with Crippen molar-refractivity contribution in [3.05, 3.63) is 76.1 Å². The maximum Gasteiger partial charge on any atom is 0.166 e. The van der Waals surface area contributed by atoms with Gasteiger partial charge in [0.2, 0.25) is 0 Å². The summed E-state index contributed by atoms with van der Waals surface area (Å²) in [5.74, 6) is -0.755. The van der Waals surface area contributed by atoms with Gasteiger partial charge in [-0.2, -0.15) is 0 Å². The van der Waals surface area contributed by atoms with Crippen LogP contribution < -0.4 is 0 Å². The summed E-state index contributed by atoms with van der Waals surface area (Å²) in [6.45, 7) is 1.90. The van der Waals surface area contributed by atoms with Gasteiger partial charge >= 0.3 is 0 Å². The zero-order valence-corrected chi connectivity index (χ0v) is 17.8. The SMILES string of the molecule is Cc1ccc(C2CCC(C=Cc3ccc(C4CCCCC4)c(F)c3F)CC2)c(F)c1. The Bertz CT molecular complexity index is 901.